The number of carboxylic acids is 1. The van der Waals surface area contributed by atoms with Gasteiger partial charge in [0.15, 0.2) is 0 Å². The molecule has 7 nitrogen and oxygen atoms in total. The molecule has 0 aliphatic heterocycles. The second kappa shape index (κ2) is 15.1. The van der Waals surface area contributed by atoms with Crippen LogP contribution in [0.5, 0.6) is 0 Å². The van der Waals surface area contributed by atoms with Gasteiger partial charge in [0.25, 0.3) is 0 Å². The lowest BCUT2D eigenvalue weighted by Crippen LogP contribution is -2.53. The van der Waals surface area contributed by atoms with Crippen molar-refractivity contribution in [3.8, 4) is 11.1 Å². The molecule has 7 heteroatoms. The molecule has 4 aromatic rings. The highest BCUT2D eigenvalue weighted by Crippen LogP contribution is 2.20. The average molecular weight is 551 g/mol. The summed E-state index contributed by atoms with van der Waals surface area (Å²) in [5, 5.41) is 15.8. The molecule has 0 spiro atoms. The Morgan fingerprint density at radius 3 is 1.76 bits per heavy atom. The molecule has 0 heterocycles. The molecule has 1 amide bonds. The molecule has 0 aliphatic carbocycles. The van der Waals surface area contributed by atoms with Gasteiger partial charge in [-0.3, -0.25) is 19.7 Å². The number of hydrogen-bond acceptors (Lipinski definition) is 5. The van der Waals surface area contributed by atoms with Crippen LogP contribution in [-0.2, 0) is 38.6 Å². The van der Waals surface area contributed by atoms with Crippen LogP contribution in [0, 0.1) is 0 Å². The zero-order chi connectivity index (χ0) is 28.9. The maximum atomic E-state index is 13.2. The third kappa shape index (κ3) is 9.44. The summed E-state index contributed by atoms with van der Waals surface area (Å²) >= 11 is 0. The van der Waals surface area contributed by atoms with Crippen molar-refractivity contribution in [2.45, 2.75) is 38.0 Å². The lowest BCUT2D eigenvalue weighted by atomic mass is 9.99. The van der Waals surface area contributed by atoms with Crippen LogP contribution < -0.4 is 10.6 Å². The minimum atomic E-state index is -1.05. The quantitative estimate of drug-likeness (QED) is 0.195. The van der Waals surface area contributed by atoms with Gasteiger partial charge in [-0.2, -0.15) is 0 Å². The summed E-state index contributed by atoms with van der Waals surface area (Å²) < 4.78 is 5.28. The summed E-state index contributed by atoms with van der Waals surface area (Å²) in [7, 11) is 0. The van der Waals surface area contributed by atoms with Gasteiger partial charge >= 0.3 is 11.9 Å². The Kier molecular flexibility index (Phi) is 10.8. The normalized spacial score (nSPS) is 12.2. The van der Waals surface area contributed by atoms with Crippen molar-refractivity contribution < 1.29 is 24.2 Å². The lowest BCUT2D eigenvalue weighted by Gasteiger charge is -2.23. The first-order valence-electron chi connectivity index (χ1n) is 13.6. The summed E-state index contributed by atoms with van der Waals surface area (Å²) in [6.45, 7) is 0.247. The van der Waals surface area contributed by atoms with Gasteiger partial charge in [-0.15, -0.1) is 0 Å². The maximum Gasteiger partial charge on any atom is 0.321 e. The van der Waals surface area contributed by atoms with Crippen LogP contribution >= 0.6 is 0 Å². The molecule has 4 aromatic carbocycles. The minimum Gasteiger partial charge on any atom is -0.480 e. The van der Waals surface area contributed by atoms with E-state index in [-0.39, 0.29) is 31.9 Å². The van der Waals surface area contributed by atoms with Crippen LogP contribution in [-0.4, -0.2) is 41.6 Å². The van der Waals surface area contributed by atoms with Crippen LogP contribution in [0.2, 0.25) is 0 Å². The van der Waals surface area contributed by atoms with Crippen LogP contribution in [0.15, 0.2) is 115 Å². The van der Waals surface area contributed by atoms with E-state index in [0.29, 0.717) is 6.42 Å². The highest BCUT2D eigenvalue weighted by Gasteiger charge is 2.27. The van der Waals surface area contributed by atoms with Crippen molar-refractivity contribution in [1.29, 1.82) is 0 Å². The number of benzene rings is 4. The Hall–Kier alpha value is -4.75. The molecule has 2 atom stereocenters. The molecule has 0 fully saturated rings. The van der Waals surface area contributed by atoms with E-state index in [1.165, 1.54) is 0 Å². The highest BCUT2D eigenvalue weighted by atomic mass is 16.5. The highest BCUT2D eigenvalue weighted by molar-refractivity contribution is 5.84. The molecule has 3 N–H and O–H groups in total. The fraction of sp³-hybridized carbons (Fsp3) is 0.206. The molecule has 210 valence electrons. The van der Waals surface area contributed by atoms with Gasteiger partial charge in [0.05, 0.1) is 12.5 Å². The van der Waals surface area contributed by atoms with Crippen LogP contribution in [0.3, 0.4) is 0 Å². The Balaban J connectivity index is 1.37. The number of rotatable bonds is 14. The number of carboxylic acid groups (broad SMARTS) is 1. The van der Waals surface area contributed by atoms with E-state index in [0.717, 1.165) is 27.8 Å². The predicted octanol–water partition coefficient (Wildman–Crippen LogP) is 4.80. The van der Waals surface area contributed by atoms with Crippen molar-refractivity contribution in [2.24, 2.45) is 0 Å². The van der Waals surface area contributed by atoms with E-state index in [1.807, 2.05) is 115 Å². The van der Waals surface area contributed by atoms with Crippen LogP contribution in [0.4, 0.5) is 0 Å². The Morgan fingerprint density at radius 2 is 1.15 bits per heavy atom. The molecule has 1 unspecified atom stereocenters. The fourth-order valence-corrected chi connectivity index (χ4v) is 4.46. The molecule has 0 saturated heterocycles. The number of nitrogens with one attached hydrogen (secondary N) is 2. The second-order valence-corrected chi connectivity index (χ2v) is 9.75. The standard InChI is InChI=1S/C34H34N2O5/c37-32(41-24-27-12-6-2-7-13-27)20-21-35-33(38)30(22-25-10-4-1-5-11-25)36-31(34(39)40)23-26-16-18-29(19-17-26)28-14-8-3-9-15-28/h1-19,30-31,36H,20-24H2,(H,35,38)(H,39,40)/t30-,31?/m0/s1. The van der Waals surface area contributed by atoms with Gasteiger partial charge < -0.3 is 15.2 Å². The zero-order valence-corrected chi connectivity index (χ0v) is 22.7. The monoisotopic (exact) mass is 550 g/mol. The molecule has 0 radical (unpaired) electrons. The van der Waals surface area contributed by atoms with E-state index in [4.69, 9.17) is 4.74 Å². The number of carbonyl (C=O) groups is 3. The van der Waals surface area contributed by atoms with E-state index < -0.39 is 24.0 Å². The van der Waals surface area contributed by atoms with Gasteiger partial charge in [0.1, 0.15) is 12.6 Å². The van der Waals surface area contributed by atoms with Crippen molar-refractivity contribution in [3.05, 3.63) is 132 Å². The Morgan fingerprint density at radius 1 is 0.634 bits per heavy atom. The fourth-order valence-electron chi connectivity index (χ4n) is 4.46. The predicted molar refractivity (Wildman–Crippen MR) is 158 cm³/mol. The first-order valence-corrected chi connectivity index (χ1v) is 13.6. The number of amides is 1. The number of carbonyl (C=O) groups excluding carboxylic acids is 2. The van der Waals surface area contributed by atoms with E-state index in [1.54, 1.807) is 0 Å². The SMILES string of the molecule is O=C(CCNC(=O)[C@H](Cc1ccccc1)NC(Cc1ccc(-c2ccccc2)cc1)C(=O)O)OCc1ccccc1. The molecular formula is C34H34N2O5. The molecule has 41 heavy (non-hydrogen) atoms. The summed E-state index contributed by atoms with van der Waals surface area (Å²) in [6, 6.07) is 34.6. The molecule has 0 aliphatic rings. The third-order valence-corrected chi connectivity index (χ3v) is 6.67. The molecule has 4 rings (SSSR count). The molecule has 0 bridgehead atoms. The lowest BCUT2D eigenvalue weighted by molar-refractivity contribution is -0.145. The Labute approximate surface area is 240 Å². The zero-order valence-electron chi connectivity index (χ0n) is 22.7. The van der Waals surface area contributed by atoms with Gasteiger partial charge in [0, 0.05) is 6.54 Å². The first-order chi connectivity index (χ1) is 20.0. The summed E-state index contributed by atoms with van der Waals surface area (Å²) in [5.74, 6) is -1.85. The summed E-state index contributed by atoms with van der Waals surface area (Å²) in [5.41, 5.74) is 4.73. The van der Waals surface area contributed by atoms with Gasteiger partial charge in [-0.1, -0.05) is 115 Å². The summed E-state index contributed by atoms with van der Waals surface area (Å²) in [4.78, 5) is 37.6. The average Bonchev–Trinajstić information content (AvgIpc) is 3.01. The van der Waals surface area contributed by atoms with Crippen molar-refractivity contribution in [2.75, 3.05) is 6.54 Å². The van der Waals surface area contributed by atoms with Gasteiger partial charge in [-0.05, 0) is 40.7 Å². The van der Waals surface area contributed by atoms with Crippen LogP contribution in [0.25, 0.3) is 11.1 Å². The first kappa shape index (κ1) is 29.2. The van der Waals surface area contributed by atoms with E-state index >= 15 is 0 Å². The number of hydrogen-bond donors (Lipinski definition) is 3. The summed E-state index contributed by atoms with van der Waals surface area (Å²) in [6.07, 6.45) is 0.503. The topological polar surface area (TPSA) is 105 Å². The number of esters is 1. The minimum absolute atomic E-state index is 0.00670. The third-order valence-electron chi connectivity index (χ3n) is 6.67. The smallest absolute Gasteiger partial charge is 0.321 e. The molecular weight excluding hydrogens is 516 g/mol. The van der Waals surface area contributed by atoms with Crippen molar-refractivity contribution in [3.63, 3.8) is 0 Å². The maximum absolute atomic E-state index is 13.2. The van der Waals surface area contributed by atoms with Crippen molar-refractivity contribution >= 4 is 17.8 Å². The molecule has 0 saturated carbocycles. The number of aliphatic carboxylic acids is 1. The van der Waals surface area contributed by atoms with Gasteiger partial charge in [0.2, 0.25) is 5.91 Å². The van der Waals surface area contributed by atoms with Crippen LogP contribution in [0.1, 0.15) is 23.1 Å². The molecule has 0 aromatic heterocycles. The Bertz CT molecular complexity index is 1390. The van der Waals surface area contributed by atoms with Gasteiger partial charge in [-0.25, -0.2) is 0 Å². The van der Waals surface area contributed by atoms with Crippen molar-refractivity contribution in [1.82, 2.24) is 10.6 Å². The van der Waals surface area contributed by atoms with E-state index in [2.05, 4.69) is 10.6 Å². The largest absolute Gasteiger partial charge is 0.480 e. The second-order valence-electron chi connectivity index (χ2n) is 9.75. The van der Waals surface area contributed by atoms with E-state index in [9.17, 15) is 19.5 Å². The number of ether oxygens (including phenoxy) is 1.